The van der Waals surface area contributed by atoms with Crippen molar-refractivity contribution in [3.05, 3.63) is 0 Å². The highest BCUT2D eigenvalue weighted by molar-refractivity contribution is 4.78. The Morgan fingerprint density at radius 2 is 0.750 bits per heavy atom. The van der Waals surface area contributed by atoms with Gasteiger partial charge in [-0.05, 0) is 0 Å². The highest BCUT2D eigenvalue weighted by Gasteiger charge is 2.30. The molecular weight excluding hydrogens is 208 g/mol. The van der Waals surface area contributed by atoms with Crippen LogP contribution in [0.1, 0.15) is 22.3 Å². The number of hydrogen-bond donors (Lipinski definition) is 0. The minimum absolute atomic E-state index is 0. The van der Waals surface area contributed by atoms with Crippen LogP contribution in [0.15, 0.2) is 0 Å². The van der Waals surface area contributed by atoms with Crippen LogP contribution < -0.4 is 0 Å². The zero-order valence-corrected chi connectivity index (χ0v) is 8.96. The Hall–Kier alpha value is -0.160. The number of methoxy groups -OCH3 is 4. The van der Waals surface area contributed by atoms with E-state index in [1.807, 2.05) is 0 Å². The first-order chi connectivity index (χ1) is 6.24. The summed E-state index contributed by atoms with van der Waals surface area (Å²) in [5.74, 6) is 0. The van der Waals surface area contributed by atoms with E-state index in [0.29, 0.717) is 26.4 Å². The van der Waals surface area contributed by atoms with Gasteiger partial charge in [-0.1, -0.05) is 22.3 Å². The van der Waals surface area contributed by atoms with Crippen LogP contribution in [0.4, 0.5) is 0 Å². The lowest BCUT2D eigenvalue weighted by atomic mass is 9.92. The van der Waals surface area contributed by atoms with Crippen molar-refractivity contribution in [2.45, 2.75) is 22.3 Å². The van der Waals surface area contributed by atoms with Crippen LogP contribution in [-0.2, 0) is 18.9 Å². The first kappa shape index (κ1) is 24.9. The summed E-state index contributed by atoms with van der Waals surface area (Å²) in [5, 5.41) is 0. The van der Waals surface area contributed by atoms with Crippen molar-refractivity contribution in [1.29, 1.82) is 0 Å². The summed E-state index contributed by atoms with van der Waals surface area (Å²) >= 11 is 0. The standard InChI is InChI=1S/C9H20O4.3CH4/c1-10-5-9(6-11-2,7-12-3)8-13-4;;;/h5-8H2,1-4H3;3*1H4. The highest BCUT2D eigenvalue weighted by Crippen LogP contribution is 2.19. The largest absolute Gasteiger partial charge is 0.384 e. The zero-order chi connectivity index (χ0) is 10.2. The van der Waals surface area contributed by atoms with Gasteiger partial charge < -0.3 is 18.9 Å². The Labute approximate surface area is 102 Å². The third-order valence-electron chi connectivity index (χ3n) is 1.80. The van der Waals surface area contributed by atoms with Crippen molar-refractivity contribution >= 4 is 0 Å². The van der Waals surface area contributed by atoms with Crippen molar-refractivity contribution in [3.63, 3.8) is 0 Å². The fraction of sp³-hybridized carbons (Fsp3) is 1.00. The van der Waals surface area contributed by atoms with E-state index in [4.69, 9.17) is 18.9 Å². The van der Waals surface area contributed by atoms with Gasteiger partial charge in [0.1, 0.15) is 0 Å². The van der Waals surface area contributed by atoms with Crippen LogP contribution in [0.25, 0.3) is 0 Å². The molecule has 0 saturated carbocycles. The second-order valence-corrected chi connectivity index (χ2v) is 3.23. The van der Waals surface area contributed by atoms with Gasteiger partial charge in [-0.2, -0.15) is 0 Å². The average Bonchev–Trinajstić information content (AvgIpc) is 2.06. The van der Waals surface area contributed by atoms with Gasteiger partial charge in [-0.15, -0.1) is 0 Å². The summed E-state index contributed by atoms with van der Waals surface area (Å²) in [5.41, 5.74) is -0.188. The maximum atomic E-state index is 5.12. The Balaban J connectivity index is -0.000000240. The van der Waals surface area contributed by atoms with Gasteiger partial charge in [0.05, 0.1) is 31.8 Å². The second-order valence-electron chi connectivity index (χ2n) is 3.23. The van der Waals surface area contributed by atoms with E-state index >= 15 is 0 Å². The molecule has 0 saturated heterocycles. The Morgan fingerprint density at radius 3 is 0.875 bits per heavy atom. The molecule has 0 radical (unpaired) electrons. The second kappa shape index (κ2) is 14.8. The molecular formula is C12H32O4. The van der Waals surface area contributed by atoms with Crippen molar-refractivity contribution in [2.24, 2.45) is 5.41 Å². The van der Waals surface area contributed by atoms with E-state index in [9.17, 15) is 0 Å². The van der Waals surface area contributed by atoms with Gasteiger partial charge in [-0.25, -0.2) is 0 Å². The molecule has 0 N–H and O–H groups in total. The lowest BCUT2D eigenvalue weighted by Gasteiger charge is -2.30. The number of ether oxygens (including phenoxy) is 4. The number of rotatable bonds is 8. The molecule has 0 aliphatic carbocycles. The van der Waals surface area contributed by atoms with Crippen LogP contribution in [0, 0.1) is 5.41 Å². The first-order valence-electron chi connectivity index (χ1n) is 4.20. The van der Waals surface area contributed by atoms with Crippen LogP contribution in [0.3, 0.4) is 0 Å². The van der Waals surface area contributed by atoms with E-state index in [1.54, 1.807) is 28.4 Å². The Morgan fingerprint density at radius 1 is 0.562 bits per heavy atom. The summed E-state index contributed by atoms with van der Waals surface area (Å²) in [6.07, 6.45) is 0. The summed E-state index contributed by atoms with van der Waals surface area (Å²) in [7, 11) is 6.65. The van der Waals surface area contributed by atoms with E-state index in [-0.39, 0.29) is 27.7 Å². The van der Waals surface area contributed by atoms with Gasteiger partial charge in [-0.3, -0.25) is 0 Å². The van der Waals surface area contributed by atoms with Gasteiger partial charge in [0.15, 0.2) is 0 Å². The molecule has 0 rings (SSSR count). The van der Waals surface area contributed by atoms with Crippen molar-refractivity contribution < 1.29 is 18.9 Å². The summed E-state index contributed by atoms with van der Waals surface area (Å²) in [6.45, 7) is 2.29. The van der Waals surface area contributed by atoms with Crippen molar-refractivity contribution in [3.8, 4) is 0 Å². The minimum atomic E-state index is -0.188. The molecule has 0 aliphatic heterocycles. The predicted molar refractivity (Wildman–Crippen MR) is 70.1 cm³/mol. The molecule has 0 aliphatic rings. The molecule has 0 heterocycles. The molecule has 0 atom stereocenters. The minimum Gasteiger partial charge on any atom is -0.384 e. The maximum Gasteiger partial charge on any atom is 0.0637 e. The maximum absolute atomic E-state index is 5.12. The smallest absolute Gasteiger partial charge is 0.0637 e. The van der Waals surface area contributed by atoms with Gasteiger partial charge in [0.2, 0.25) is 0 Å². The van der Waals surface area contributed by atoms with Crippen molar-refractivity contribution in [1.82, 2.24) is 0 Å². The molecule has 0 amide bonds. The third-order valence-corrected chi connectivity index (χ3v) is 1.80. The molecule has 0 bridgehead atoms. The Bertz CT molecular complexity index is 88.1. The van der Waals surface area contributed by atoms with Gasteiger partial charge in [0, 0.05) is 28.4 Å². The molecule has 0 unspecified atom stereocenters. The fourth-order valence-corrected chi connectivity index (χ4v) is 1.47. The van der Waals surface area contributed by atoms with E-state index in [0.717, 1.165) is 0 Å². The molecule has 0 aromatic heterocycles. The first-order valence-corrected chi connectivity index (χ1v) is 4.20. The SMILES string of the molecule is C.C.C.COCC(COC)(COC)COC. The predicted octanol–water partition coefficient (Wildman–Crippen LogP) is 2.47. The quantitative estimate of drug-likeness (QED) is 0.653. The van der Waals surface area contributed by atoms with E-state index in [2.05, 4.69) is 0 Å². The summed E-state index contributed by atoms with van der Waals surface area (Å²) in [6, 6.07) is 0. The van der Waals surface area contributed by atoms with Crippen LogP contribution in [0.5, 0.6) is 0 Å². The number of hydrogen-bond acceptors (Lipinski definition) is 4. The van der Waals surface area contributed by atoms with Gasteiger partial charge in [0.25, 0.3) is 0 Å². The van der Waals surface area contributed by atoms with Gasteiger partial charge >= 0.3 is 0 Å². The molecule has 0 spiro atoms. The summed E-state index contributed by atoms with van der Waals surface area (Å²) < 4.78 is 20.5. The van der Waals surface area contributed by atoms with Crippen LogP contribution >= 0.6 is 0 Å². The van der Waals surface area contributed by atoms with E-state index < -0.39 is 0 Å². The topological polar surface area (TPSA) is 36.9 Å². The fourth-order valence-electron chi connectivity index (χ4n) is 1.47. The normalized spacial score (nSPS) is 9.75. The molecule has 16 heavy (non-hydrogen) atoms. The van der Waals surface area contributed by atoms with Crippen molar-refractivity contribution in [2.75, 3.05) is 54.9 Å². The highest BCUT2D eigenvalue weighted by atomic mass is 16.5. The summed E-state index contributed by atoms with van der Waals surface area (Å²) in [4.78, 5) is 0. The molecule has 4 heteroatoms. The van der Waals surface area contributed by atoms with Crippen LogP contribution in [0.2, 0.25) is 0 Å². The molecule has 4 nitrogen and oxygen atoms in total. The Kier molecular flexibility index (Phi) is 23.1. The lowest BCUT2D eigenvalue weighted by molar-refractivity contribution is -0.0760. The zero-order valence-electron chi connectivity index (χ0n) is 8.96. The molecule has 0 aromatic rings. The molecule has 104 valence electrons. The molecule has 0 fully saturated rings. The average molecular weight is 240 g/mol. The monoisotopic (exact) mass is 240 g/mol. The van der Waals surface area contributed by atoms with E-state index in [1.165, 1.54) is 0 Å². The van der Waals surface area contributed by atoms with Crippen LogP contribution in [-0.4, -0.2) is 54.9 Å². The lowest BCUT2D eigenvalue weighted by Crippen LogP contribution is -2.40. The third kappa shape index (κ3) is 9.09. The molecule has 0 aromatic carbocycles.